The maximum Gasteiger partial charge on any atom is 0.222 e. The summed E-state index contributed by atoms with van der Waals surface area (Å²) >= 11 is 0. The molecule has 1 aliphatic heterocycles. The predicted octanol–water partition coefficient (Wildman–Crippen LogP) is 4.24. The average molecular weight is 328 g/mol. The Bertz CT molecular complexity index is 595. The molecule has 4 aliphatic rings. The third-order valence-corrected chi connectivity index (χ3v) is 8.88. The summed E-state index contributed by atoms with van der Waals surface area (Å²) in [5, 5.41) is 9.50. The highest BCUT2D eigenvalue weighted by atomic mass is 16.2. The molecule has 3 unspecified atom stereocenters. The molecule has 4 fully saturated rings. The third-order valence-electron chi connectivity index (χ3n) is 8.88. The van der Waals surface area contributed by atoms with Crippen LogP contribution in [0.1, 0.15) is 65.7 Å². The predicted molar refractivity (Wildman–Crippen MR) is 93.8 cm³/mol. The fourth-order valence-electron chi connectivity index (χ4n) is 7.62. The maximum atomic E-state index is 12.3. The molecule has 1 amide bonds. The van der Waals surface area contributed by atoms with Crippen LogP contribution >= 0.6 is 0 Å². The summed E-state index contributed by atoms with van der Waals surface area (Å²) in [7, 11) is 2.03. The molecule has 24 heavy (non-hydrogen) atoms. The molecular weight excluding hydrogens is 296 g/mol. The molecule has 0 N–H and O–H groups in total. The van der Waals surface area contributed by atoms with Crippen molar-refractivity contribution in [2.45, 2.75) is 71.8 Å². The van der Waals surface area contributed by atoms with Crippen LogP contribution in [-0.2, 0) is 4.79 Å². The Morgan fingerprint density at radius 3 is 2.67 bits per heavy atom. The van der Waals surface area contributed by atoms with Crippen molar-refractivity contribution in [3.8, 4) is 6.07 Å². The minimum Gasteiger partial charge on any atom is -0.342 e. The number of rotatable bonds is 0. The van der Waals surface area contributed by atoms with E-state index in [9.17, 15) is 10.1 Å². The summed E-state index contributed by atoms with van der Waals surface area (Å²) in [5.74, 6) is 3.49. The van der Waals surface area contributed by atoms with Gasteiger partial charge in [0.15, 0.2) is 0 Å². The summed E-state index contributed by atoms with van der Waals surface area (Å²) in [6, 6.07) is 3.01. The van der Waals surface area contributed by atoms with Crippen molar-refractivity contribution in [3.05, 3.63) is 0 Å². The summed E-state index contributed by atoms with van der Waals surface area (Å²) in [6.45, 7) is 7.36. The first kappa shape index (κ1) is 16.4. The molecular formula is C21H32N2O. The molecule has 3 nitrogen and oxygen atoms in total. The molecule has 0 spiro atoms. The SMILES string of the molecule is CC1CC2N(C)C(=O)CC[C@]2(C)[C@@H]2CC[C@]3(C)CC(C#N)C[C@H]3[C@H]12. The highest BCUT2D eigenvalue weighted by Crippen LogP contribution is 2.66. The van der Waals surface area contributed by atoms with Gasteiger partial charge in [-0.15, -0.1) is 0 Å². The second-order valence-corrected chi connectivity index (χ2v) is 9.99. The smallest absolute Gasteiger partial charge is 0.222 e. The van der Waals surface area contributed by atoms with Gasteiger partial charge in [0.25, 0.3) is 0 Å². The first-order chi connectivity index (χ1) is 11.3. The molecule has 1 heterocycles. The Hall–Kier alpha value is -1.04. The van der Waals surface area contributed by atoms with Crippen LogP contribution in [0.3, 0.4) is 0 Å². The van der Waals surface area contributed by atoms with Crippen molar-refractivity contribution in [2.24, 2.45) is 40.4 Å². The Labute approximate surface area is 146 Å². The van der Waals surface area contributed by atoms with Gasteiger partial charge in [-0.2, -0.15) is 5.26 Å². The lowest BCUT2D eigenvalue weighted by molar-refractivity contribution is -0.164. The van der Waals surface area contributed by atoms with Gasteiger partial charge in [-0.05, 0) is 73.0 Å². The van der Waals surface area contributed by atoms with Gasteiger partial charge in [-0.3, -0.25) is 4.79 Å². The number of carbonyl (C=O) groups is 1. The molecule has 132 valence electrons. The lowest BCUT2D eigenvalue weighted by Crippen LogP contribution is -2.62. The van der Waals surface area contributed by atoms with E-state index < -0.39 is 0 Å². The van der Waals surface area contributed by atoms with E-state index in [1.807, 2.05) is 7.05 Å². The van der Waals surface area contributed by atoms with E-state index in [4.69, 9.17) is 0 Å². The number of piperidine rings is 1. The van der Waals surface area contributed by atoms with E-state index in [0.29, 0.717) is 23.3 Å². The third kappa shape index (κ3) is 2.04. The molecule has 3 saturated carbocycles. The minimum absolute atomic E-state index is 0.270. The van der Waals surface area contributed by atoms with Crippen LogP contribution in [0, 0.1) is 51.8 Å². The molecule has 0 aromatic carbocycles. The normalized spacial score (nSPS) is 53.8. The van der Waals surface area contributed by atoms with Gasteiger partial charge in [-0.25, -0.2) is 0 Å². The summed E-state index contributed by atoms with van der Waals surface area (Å²) in [6.07, 6.45) is 7.77. The molecule has 1 saturated heterocycles. The van der Waals surface area contributed by atoms with Crippen molar-refractivity contribution >= 4 is 5.91 Å². The standard InChI is InChI=1S/C21H32N2O/c1-13-9-17-21(3,8-6-18(24)23(17)4)15-5-7-20(2)11-14(12-22)10-16(20)19(13)15/h13-17,19H,5-11H2,1-4H3/t13?,14?,15-,16+,17?,19-,20-,21-/m1/s1. The number of hydrogen-bond acceptors (Lipinski definition) is 2. The number of amides is 1. The number of fused-ring (bicyclic) bond motifs is 5. The first-order valence-corrected chi connectivity index (χ1v) is 9.95. The lowest BCUT2D eigenvalue weighted by atomic mass is 9.45. The number of nitriles is 1. The van der Waals surface area contributed by atoms with E-state index in [-0.39, 0.29) is 11.3 Å². The quantitative estimate of drug-likeness (QED) is 0.668. The summed E-state index contributed by atoms with van der Waals surface area (Å²) < 4.78 is 0. The highest BCUT2D eigenvalue weighted by molar-refractivity contribution is 5.77. The number of hydrogen-bond donors (Lipinski definition) is 0. The lowest BCUT2D eigenvalue weighted by Gasteiger charge is -2.63. The second kappa shape index (κ2) is 5.23. The van der Waals surface area contributed by atoms with Crippen molar-refractivity contribution in [3.63, 3.8) is 0 Å². The van der Waals surface area contributed by atoms with Crippen molar-refractivity contribution in [1.82, 2.24) is 4.90 Å². The van der Waals surface area contributed by atoms with Crippen LogP contribution in [0.4, 0.5) is 0 Å². The van der Waals surface area contributed by atoms with Crippen molar-refractivity contribution < 1.29 is 4.79 Å². The van der Waals surface area contributed by atoms with Gasteiger partial charge >= 0.3 is 0 Å². The maximum absolute atomic E-state index is 12.3. The van der Waals surface area contributed by atoms with E-state index in [0.717, 1.165) is 49.9 Å². The topological polar surface area (TPSA) is 44.1 Å². The van der Waals surface area contributed by atoms with Crippen molar-refractivity contribution in [1.29, 1.82) is 5.26 Å². The minimum atomic E-state index is 0.270. The van der Waals surface area contributed by atoms with Crippen LogP contribution in [0.15, 0.2) is 0 Å². The zero-order chi connectivity index (χ0) is 17.3. The van der Waals surface area contributed by atoms with Gasteiger partial charge in [0.2, 0.25) is 5.91 Å². The number of nitrogens with zero attached hydrogens (tertiary/aromatic N) is 2. The monoisotopic (exact) mass is 328 g/mol. The largest absolute Gasteiger partial charge is 0.342 e. The number of carbonyl (C=O) groups excluding carboxylic acids is 1. The van der Waals surface area contributed by atoms with Gasteiger partial charge < -0.3 is 4.90 Å². The summed E-state index contributed by atoms with van der Waals surface area (Å²) in [5.41, 5.74) is 0.668. The van der Waals surface area contributed by atoms with E-state index in [1.165, 1.54) is 12.8 Å². The Morgan fingerprint density at radius 1 is 1.21 bits per heavy atom. The summed E-state index contributed by atoms with van der Waals surface area (Å²) in [4.78, 5) is 14.3. The molecule has 0 aromatic heterocycles. The van der Waals surface area contributed by atoms with Gasteiger partial charge in [0, 0.05) is 25.4 Å². The van der Waals surface area contributed by atoms with Crippen LogP contribution in [0.2, 0.25) is 0 Å². The fourth-order valence-corrected chi connectivity index (χ4v) is 7.62. The molecule has 8 atom stereocenters. The molecule has 3 aliphatic carbocycles. The van der Waals surface area contributed by atoms with Crippen molar-refractivity contribution in [2.75, 3.05) is 7.05 Å². The van der Waals surface area contributed by atoms with Crippen LogP contribution in [0.25, 0.3) is 0 Å². The van der Waals surface area contributed by atoms with E-state index >= 15 is 0 Å². The van der Waals surface area contributed by atoms with Gasteiger partial charge in [0.05, 0.1) is 6.07 Å². The molecule has 3 heteroatoms. The first-order valence-electron chi connectivity index (χ1n) is 9.95. The van der Waals surface area contributed by atoms with E-state index in [2.05, 4.69) is 31.7 Å². The van der Waals surface area contributed by atoms with Crippen LogP contribution in [0.5, 0.6) is 0 Å². The van der Waals surface area contributed by atoms with Gasteiger partial charge in [0.1, 0.15) is 0 Å². The van der Waals surface area contributed by atoms with Gasteiger partial charge in [-0.1, -0.05) is 20.8 Å². The van der Waals surface area contributed by atoms with Crippen LogP contribution in [-0.4, -0.2) is 23.9 Å². The molecule has 0 aromatic rings. The fraction of sp³-hybridized carbons (Fsp3) is 0.905. The van der Waals surface area contributed by atoms with Crippen LogP contribution < -0.4 is 0 Å². The molecule has 0 radical (unpaired) electrons. The molecule has 4 rings (SSSR count). The second-order valence-electron chi connectivity index (χ2n) is 9.99. The average Bonchev–Trinajstić information content (AvgIpc) is 2.90. The highest BCUT2D eigenvalue weighted by Gasteiger charge is 2.62. The Balaban J connectivity index is 1.69. The zero-order valence-electron chi connectivity index (χ0n) is 15.7. The van der Waals surface area contributed by atoms with E-state index in [1.54, 1.807) is 0 Å². The number of likely N-dealkylation sites (tertiary alicyclic amines) is 1. The Morgan fingerprint density at radius 2 is 1.96 bits per heavy atom. The Kier molecular flexibility index (Phi) is 3.58. The zero-order valence-corrected chi connectivity index (χ0v) is 15.7. The molecule has 0 bridgehead atoms.